The number of rotatable bonds is 6. The molecule has 0 N–H and O–H groups in total. The van der Waals surface area contributed by atoms with Gasteiger partial charge in [0.2, 0.25) is 0 Å². The molecule has 0 atom stereocenters. The first-order valence-corrected chi connectivity index (χ1v) is 6.68. The normalized spacial score (nSPS) is 14.0. The third kappa shape index (κ3) is 7.09. The first-order chi connectivity index (χ1) is 6.37. The summed E-state index contributed by atoms with van der Waals surface area (Å²) in [6, 6.07) is 0. The Morgan fingerprint density at radius 2 is 1.79 bits per heavy atom. The Morgan fingerprint density at radius 1 is 1.21 bits per heavy atom. The first-order valence-electron chi connectivity index (χ1n) is 4.86. The van der Waals surface area contributed by atoms with Gasteiger partial charge in [0.05, 0.1) is 12.9 Å². The second-order valence-corrected chi connectivity index (χ2v) is 5.27. The molecule has 14 heavy (non-hydrogen) atoms. The molecule has 0 radical (unpaired) electrons. The molecule has 0 unspecified atom stereocenters. The monoisotopic (exact) mass is 220 g/mol. The summed E-state index contributed by atoms with van der Waals surface area (Å²) in [5.41, 5.74) is 2.25. The van der Waals surface area contributed by atoms with Crippen LogP contribution < -0.4 is 0 Å². The van der Waals surface area contributed by atoms with Crippen molar-refractivity contribution in [3.8, 4) is 0 Å². The van der Waals surface area contributed by atoms with Crippen molar-refractivity contribution < 1.29 is 12.6 Å². The van der Waals surface area contributed by atoms with Crippen LogP contribution >= 0.6 is 0 Å². The van der Waals surface area contributed by atoms with E-state index in [0.29, 0.717) is 0 Å². The molecule has 0 aromatic carbocycles. The summed E-state index contributed by atoms with van der Waals surface area (Å²) < 4.78 is 26.2. The van der Waals surface area contributed by atoms with E-state index >= 15 is 0 Å². The highest BCUT2D eigenvalue weighted by Crippen LogP contribution is 2.12. The van der Waals surface area contributed by atoms with Crippen molar-refractivity contribution in [3.63, 3.8) is 0 Å². The molecule has 3 nitrogen and oxygen atoms in total. The Morgan fingerprint density at radius 3 is 2.21 bits per heavy atom. The molecule has 0 spiro atoms. The van der Waals surface area contributed by atoms with Crippen molar-refractivity contribution in [3.05, 3.63) is 11.1 Å². The zero-order chi connectivity index (χ0) is 11.2. The van der Waals surface area contributed by atoms with Gasteiger partial charge in [-0.1, -0.05) is 18.9 Å². The van der Waals surface area contributed by atoms with Crippen molar-refractivity contribution in [2.24, 2.45) is 0 Å². The van der Waals surface area contributed by atoms with E-state index in [4.69, 9.17) is 4.18 Å². The second-order valence-electron chi connectivity index (χ2n) is 3.63. The lowest BCUT2D eigenvalue weighted by Crippen LogP contribution is -2.05. The maximum absolute atomic E-state index is 10.7. The second kappa shape index (κ2) is 6.19. The van der Waals surface area contributed by atoms with Gasteiger partial charge in [-0.2, -0.15) is 8.42 Å². The van der Waals surface area contributed by atoms with Crippen LogP contribution in [-0.4, -0.2) is 21.3 Å². The third-order valence-electron chi connectivity index (χ3n) is 2.12. The fourth-order valence-corrected chi connectivity index (χ4v) is 1.36. The Labute approximate surface area is 87.3 Å². The van der Waals surface area contributed by atoms with Crippen LogP contribution in [0.2, 0.25) is 0 Å². The highest BCUT2D eigenvalue weighted by Gasteiger charge is 2.03. The van der Waals surface area contributed by atoms with Crippen LogP contribution in [-0.2, 0) is 14.3 Å². The number of hydrogen-bond donors (Lipinski definition) is 0. The lowest BCUT2D eigenvalue weighted by atomic mass is 10.1. The van der Waals surface area contributed by atoms with Gasteiger partial charge in [0.15, 0.2) is 0 Å². The lowest BCUT2D eigenvalue weighted by Gasteiger charge is -2.06. The smallest absolute Gasteiger partial charge is 0.264 e. The minimum absolute atomic E-state index is 0.189. The highest BCUT2D eigenvalue weighted by molar-refractivity contribution is 7.85. The van der Waals surface area contributed by atoms with Crippen LogP contribution in [0.1, 0.15) is 40.0 Å². The van der Waals surface area contributed by atoms with Crippen molar-refractivity contribution in [2.45, 2.75) is 40.0 Å². The Kier molecular flexibility index (Phi) is 6.04. The fourth-order valence-electron chi connectivity index (χ4n) is 0.974. The van der Waals surface area contributed by atoms with E-state index in [-0.39, 0.29) is 6.61 Å². The van der Waals surface area contributed by atoms with Gasteiger partial charge in [-0.15, -0.1) is 0 Å². The minimum atomic E-state index is -3.31. The van der Waals surface area contributed by atoms with Crippen molar-refractivity contribution in [1.29, 1.82) is 0 Å². The predicted molar refractivity (Wildman–Crippen MR) is 58.7 cm³/mol. The molecule has 0 saturated carbocycles. The van der Waals surface area contributed by atoms with E-state index in [9.17, 15) is 8.42 Å². The van der Waals surface area contributed by atoms with Gasteiger partial charge in [-0.05, 0) is 32.3 Å². The summed E-state index contributed by atoms with van der Waals surface area (Å²) >= 11 is 0. The molecule has 0 aromatic rings. The van der Waals surface area contributed by atoms with Gasteiger partial charge >= 0.3 is 0 Å². The maximum atomic E-state index is 10.7. The van der Waals surface area contributed by atoms with E-state index in [1.807, 2.05) is 13.8 Å². The molecule has 0 fully saturated rings. The molecule has 0 aliphatic rings. The molecule has 0 aliphatic carbocycles. The zero-order valence-electron chi connectivity index (χ0n) is 9.46. The highest BCUT2D eigenvalue weighted by atomic mass is 32.2. The van der Waals surface area contributed by atoms with Crippen LogP contribution in [0.25, 0.3) is 0 Å². The van der Waals surface area contributed by atoms with E-state index in [2.05, 4.69) is 6.92 Å². The first kappa shape index (κ1) is 13.7. The quantitative estimate of drug-likeness (QED) is 0.510. The average molecular weight is 220 g/mol. The molecular weight excluding hydrogens is 200 g/mol. The lowest BCUT2D eigenvalue weighted by molar-refractivity contribution is 0.351. The van der Waals surface area contributed by atoms with Gasteiger partial charge in [0, 0.05) is 0 Å². The van der Waals surface area contributed by atoms with Crippen LogP contribution in [0.4, 0.5) is 0 Å². The summed E-state index contributed by atoms with van der Waals surface area (Å²) in [4.78, 5) is 0. The van der Waals surface area contributed by atoms with Crippen molar-refractivity contribution >= 4 is 10.1 Å². The van der Waals surface area contributed by atoms with Gasteiger partial charge in [0.1, 0.15) is 0 Å². The standard InChI is InChI=1S/C10H20O3S/c1-5-6-7-9(2)10(3)8-13-14(4,11)12/h5-8H2,1-4H3. The predicted octanol–water partition coefficient (Wildman–Crippen LogP) is 2.49. The van der Waals surface area contributed by atoms with E-state index < -0.39 is 10.1 Å². The molecule has 4 heteroatoms. The average Bonchev–Trinajstić information content (AvgIpc) is 2.09. The number of unbranched alkanes of at least 4 members (excludes halogenated alkanes) is 1. The Hall–Kier alpha value is -0.350. The van der Waals surface area contributed by atoms with Gasteiger partial charge in [-0.25, -0.2) is 0 Å². The molecule has 0 aromatic heterocycles. The SMILES string of the molecule is CCCCC(C)=C(C)COS(C)(=O)=O. The summed E-state index contributed by atoms with van der Waals surface area (Å²) in [6.45, 7) is 6.26. The number of hydrogen-bond acceptors (Lipinski definition) is 3. The van der Waals surface area contributed by atoms with Gasteiger partial charge in [0.25, 0.3) is 10.1 Å². The van der Waals surface area contributed by atoms with Crippen LogP contribution in [0.5, 0.6) is 0 Å². The Balaban J connectivity index is 4.10. The molecular formula is C10H20O3S. The summed E-state index contributed by atoms with van der Waals surface area (Å²) in [7, 11) is -3.31. The number of allylic oxidation sites excluding steroid dienone is 1. The molecule has 0 aliphatic heterocycles. The van der Waals surface area contributed by atoms with Crippen LogP contribution in [0.3, 0.4) is 0 Å². The van der Waals surface area contributed by atoms with Crippen LogP contribution in [0.15, 0.2) is 11.1 Å². The van der Waals surface area contributed by atoms with Gasteiger partial charge in [-0.3, -0.25) is 4.18 Å². The van der Waals surface area contributed by atoms with Gasteiger partial charge < -0.3 is 0 Å². The Bertz CT molecular complexity index is 288. The van der Waals surface area contributed by atoms with E-state index in [1.165, 1.54) is 5.57 Å². The minimum Gasteiger partial charge on any atom is -0.266 e. The van der Waals surface area contributed by atoms with Crippen LogP contribution in [0, 0.1) is 0 Å². The summed E-state index contributed by atoms with van der Waals surface area (Å²) in [6.07, 6.45) is 4.39. The molecule has 0 heterocycles. The zero-order valence-corrected chi connectivity index (χ0v) is 10.3. The van der Waals surface area contributed by atoms with Crippen molar-refractivity contribution in [2.75, 3.05) is 12.9 Å². The maximum Gasteiger partial charge on any atom is 0.264 e. The summed E-state index contributed by atoms with van der Waals surface area (Å²) in [5, 5.41) is 0. The summed E-state index contributed by atoms with van der Waals surface area (Å²) in [5.74, 6) is 0. The molecule has 0 rings (SSSR count). The largest absolute Gasteiger partial charge is 0.266 e. The topological polar surface area (TPSA) is 43.4 Å². The third-order valence-corrected chi connectivity index (χ3v) is 2.67. The molecule has 0 amide bonds. The molecule has 0 bridgehead atoms. The fraction of sp³-hybridized carbons (Fsp3) is 0.800. The van der Waals surface area contributed by atoms with E-state index in [1.54, 1.807) is 0 Å². The van der Waals surface area contributed by atoms with Crippen molar-refractivity contribution in [1.82, 2.24) is 0 Å². The van der Waals surface area contributed by atoms with E-state index in [0.717, 1.165) is 31.1 Å². The molecule has 84 valence electrons. The molecule has 0 saturated heterocycles.